The van der Waals surface area contributed by atoms with E-state index < -0.39 is 10.0 Å². The number of hydrogen-bond acceptors (Lipinski definition) is 3. The van der Waals surface area contributed by atoms with E-state index in [-0.39, 0.29) is 5.25 Å². The number of benzene rings is 1. The zero-order chi connectivity index (χ0) is 13.0. The number of hydrogen-bond donors (Lipinski definition) is 2. The second-order valence-electron chi connectivity index (χ2n) is 4.27. The molecule has 5 heteroatoms. The largest absolute Gasteiger partial charge is 0.320 e. The lowest BCUT2D eigenvalue weighted by molar-refractivity contribution is 0.580. The fourth-order valence-corrected chi connectivity index (χ4v) is 2.90. The fourth-order valence-electron chi connectivity index (χ4n) is 1.54. The molecule has 18 heavy (non-hydrogen) atoms. The van der Waals surface area contributed by atoms with Crippen molar-refractivity contribution in [2.45, 2.75) is 24.6 Å². The Morgan fingerprint density at radius 3 is 2.50 bits per heavy atom. The molecular weight excluding hydrogens is 248 g/mol. The van der Waals surface area contributed by atoms with Gasteiger partial charge in [0.1, 0.15) is 0 Å². The Labute approximate surface area is 108 Å². The molecule has 0 radical (unpaired) electrons. The van der Waals surface area contributed by atoms with Crippen LogP contribution in [0, 0.1) is 11.8 Å². The van der Waals surface area contributed by atoms with E-state index in [1.165, 1.54) is 0 Å². The summed E-state index contributed by atoms with van der Waals surface area (Å²) in [6.45, 7) is 0.673. The molecule has 1 aliphatic rings. The van der Waals surface area contributed by atoms with Crippen LogP contribution < -0.4 is 10.5 Å². The van der Waals surface area contributed by atoms with Gasteiger partial charge in [-0.3, -0.25) is 0 Å². The highest BCUT2D eigenvalue weighted by atomic mass is 32.2. The highest BCUT2D eigenvalue weighted by molar-refractivity contribution is 7.90. The first-order valence-corrected chi connectivity index (χ1v) is 7.43. The smallest absolute Gasteiger partial charge is 0.214 e. The molecule has 1 aromatic rings. The van der Waals surface area contributed by atoms with Gasteiger partial charge in [0.25, 0.3) is 0 Å². The molecule has 96 valence electrons. The van der Waals surface area contributed by atoms with Gasteiger partial charge >= 0.3 is 0 Å². The lowest BCUT2D eigenvalue weighted by Crippen LogP contribution is -2.26. The second kappa shape index (κ2) is 5.53. The van der Waals surface area contributed by atoms with Crippen LogP contribution in [0.2, 0.25) is 0 Å². The number of nitrogens with one attached hydrogen (secondary N) is 1. The first kappa shape index (κ1) is 13.1. The van der Waals surface area contributed by atoms with E-state index in [1.54, 1.807) is 0 Å². The van der Waals surface area contributed by atoms with Crippen LogP contribution >= 0.6 is 0 Å². The predicted octanol–water partition coefficient (Wildman–Crippen LogP) is 0.579. The minimum Gasteiger partial charge on any atom is -0.320 e. The first-order chi connectivity index (χ1) is 8.62. The topological polar surface area (TPSA) is 72.2 Å². The average Bonchev–Trinajstić information content (AvgIpc) is 3.20. The highest BCUT2D eigenvalue weighted by Crippen LogP contribution is 2.27. The van der Waals surface area contributed by atoms with Crippen molar-refractivity contribution in [3.8, 4) is 11.8 Å². The molecule has 2 rings (SSSR count). The Bertz CT molecular complexity index is 563. The van der Waals surface area contributed by atoms with Gasteiger partial charge in [-0.1, -0.05) is 24.0 Å². The van der Waals surface area contributed by atoms with Gasteiger partial charge in [-0.2, -0.15) is 0 Å². The summed E-state index contributed by atoms with van der Waals surface area (Å²) in [5.74, 6) is 5.69. The first-order valence-electron chi connectivity index (χ1n) is 5.88. The Balaban J connectivity index is 1.94. The van der Waals surface area contributed by atoms with Crippen molar-refractivity contribution in [1.29, 1.82) is 0 Å². The van der Waals surface area contributed by atoms with Crippen molar-refractivity contribution in [1.82, 2.24) is 4.72 Å². The summed E-state index contributed by atoms with van der Waals surface area (Å²) in [4.78, 5) is 0. The van der Waals surface area contributed by atoms with Crippen molar-refractivity contribution in [2.24, 2.45) is 5.73 Å². The Kier molecular flexibility index (Phi) is 4.02. The normalized spacial score (nSPS) is 14.9. The zero-order valence-corrected chi connectivity index (χ0v) is 10.8. The van der Waals surface area contributed by atoms with Crippen LogP contribution in [0.5, 0.6) is 0 Å². The zero-order valence-electron chi connectivity index (χ0n) is 10.0. The van der Waals surface area contributed by atoms with Crippen LogP contribution in [0.15, 0.2) is 24.3 Å². The van der Waals surface area contributed by atoms with Gasteiger partial charge in [0.2, 0.25) is 10.0 Å². The summed E-state index contributed by atoms with van der Waals surface area (Å²) in [7, 11) is -3.10. The summed E-state index contributed by atoms with van der Waals surface area (Å²) >= 11 is 0. The molecule has 4 nitrogen and oxygen atoms in total. The number of sulfonamides is 1. The molecule has 0 aliphatic heterocycles. The van der Waals surface area contributed by atoms with Gasteiger partial charge in [0.15, 0.2) is 0 Å². The summed E-state index contributed by atoms with van der Waals surface area (Å²) in [5, 5.41) is -0.174. The summed E-state index contributed by atoms with van der Waals surface area (Å²) in [6, 6.07) is 7.47. The van der Waals surface area contributed by atoms with Crippen molar-refractivity contribution in [3.05, 3.63) is 35.4 Å². The quantitative estimate of drug-likeness (QED) is 0.781. The van der Waals surface area contributed by atoms with Gasteiger partial charge < -0.3 is 5.73 Å². The van der Waals surface area contributed by atoms with E-state index >= 15 is 0 Å². The van der Waals surface area contributed by atoms with Crippen molar-refractivity contribution < 1.29 is 8.42 Å². The molecule has 0 aromatic heterocycles. The van der Waals surface area contributed by atoms with Crippen LogP contribution in [0.25, 0.3) is 0 Å². The molecule has 0 atom stereocenters. The van der Waals surface area contributed by atoms with Crippen LogP contribution in [0.1, 0.15) is 24.0 Å². The van der Waals surface area contributed by atoms with Crippen molar-refractivity contribution >= 4 is 10.0 Å². The maximum absolute atomic E-state index is 11.6. The number of rotatable bonds is 4. The second-order valence-corrected chi connectivity index (χ2v) is 6.31. The van der Waals surface area contributed by atoms with Crippen LogP contribution in [0.4, 0.5) is 0 Å². The van der Waals surface area contributed by atoms with Gasteiger partial charge in [-0.05, 0) is 30.5 Å². The maximum Gasteiger partial charge on any atom is 0.214 e. The van der Waals surface area contributed by atoms with Crippen LogP contribution in [-0.2, 0) is 16.6 Å². The molecule has 3 N–H and O–H groups in total. The van der Waals surface area contributed by atoms with E-state index in [2.05, 4.69) is 16.6 Å². The molecule has 0 amide bonds. The molecule has 0 unspecified atom stereocenters. The van der Waals surface area contributed by atoms with Gasteiger partial charge in [-0.15, -0.1) is 0 Å². The third-order valence-corrected chi connectivity index (χ3v) is 4.63. The molecule has 1 saturated carbocycles. The van der Waals surface area contributed by atoms with Gasteiger partial charge in [-0.25, -0.2) is 13.1 Å². The molecule has 1 fully saturated rings. The van der Waals surface area contributed by atoms with Crippen molar-refractivity contribution in [3.63, 3.8) is 0 Å². The SMILES string of the molecule is NCC#Cc1ccc(CNS(=O)(=O)C2CC2)cc1. The third-order valence-electron chi connectivity index (χ3n) is 2.73. The van der Waals surface area contributed by atoms with E-state index in [0.717, 1.165) is 24.0 Å². The minimum absolute atomic E-state index is 0.174. The fraction of sp³-hybridized carbons (Fsp3) is 0.385. The molecule has 0 spiro atoms. The Morgan fingerprint density at radius 1 is 1.28 bits per heavy atom. The Morgan fingerprint density at radius 2 is 1.94 bits per heavy atom. The highest BCUT2D eigenvalue weighted by Gasteiger charge is 2.35. The Hall–Kier alpha value is -1.35. The summed E-state index contributed by atoms with van der Waals surface area (Å²) < 4.78 is 25.9. The molecule has 0 saturated heterocycles. The number of nitrogens with two attached hydrogens (primary N) is 1. The minimum atomic E-state index is -3.10. The molecule has 0 heterocycles. The maximum atomic E-state index is 11.6. The van der Waals surface area contributed by atoms with Gasteiger partial charge in [0, 0.05) is 12.1 Å². The molecule has 1 aromatic carbocycles. The van der Waals surface area contributed by atoms with Crippen LogP contribution in [0.3, 0.4) is 0 Å². The lowest BCUT2D eigenvalue weighted by atomic mass is 10.1. The monoisotopic (exact) mass is 264 g/mol. The predicted molar refractivity (Wildman–Crippen MR) is 71.2 cm³/mol. The van der Waals surface area contributed by atoms with E-state index in [4.69, 9.17) is 5.73 Å². The standard InChI is InChI=1S/C13H16N2O2S/c14-9-1-2-11-3-5-12(6-4-11)10-15-18(16,17)13-7-8-13/h3-6,13,15H,7-10,14H2. The van der Waals surface area contributed by atoms with Gasteiger partial charge in [0.05, 0.1) is 11.8 Å². The van der Waals surface area contributed by atoms with E-state index in [1.807, 2.05) is 24.3 Å². The third kappa shape index (κ3) is 3.57. The van der Waals surface area contributed by atoms with E-state index in [0.29, 0.717) is 13.1 Å². The molecule has 1 aliphatic carbocycles. The van der Waals surface area contributed by atoms with Crippen molar-refractivity contribution in [2.75, 3.05) is 6.54 Å². The molecular formula is C13H16N2O2S. The van der Waals surface area contributed by atoms with E-state index in [9.17, 15) is 8.42 Å². The summed E-state index contributed by atoms with van der Waals surface area (Å²) in [5.41, 5.74) is 7.10. The average molecular weight is 264 g/mol. The van der Waals surface area contributed by atoms with Crippen LogP contribution in [-0.4, -0.2) is 20.2 Å². The lowest BCUT2D eigenvalue weighted by Gasteiger charge is -2.05. The summed E-state index contributed by atoms with van der Waals surface area (Å²) in [6.07, 6.45) is 1.56. The molecule has 0 bridgehead atoms.